The topological polar surface area (TPSA) is 116 Å². The van der Waals surface area contributed by atoms with E-state index >= 15 is 0 Å². The molecule has 3 heterocycles. The molecule has 0 bridgehead atoms. The standard InChI is InChI=1S/C26H19ClN6O4/c27-18-2-1-3-20(11-18)30-26(34)29-19-7-4-16(5-8-19)12-33-13-21(28-14-33)25-31-24(32-37-25)17-6-9-22-23(10-17)36-15-35-22/h1-11,13-14H,12,15H2,(H2,29,30,34). The van der Waals surface area contributed by atoms with Crippen LogP contribution in [-0.4, -0.2) is 32.5 Å². The van der Waals surface area contributed by atoms with Gasteiger partial charge >= 0.3 is 6.03 Å². The number of nitrogens with zero attached hydrogens (tertiary/aromatic N) is 4. The number of fused-ring (bicyclic) bond motifs is 1. The highest BCUT2D eigenvalue weighted by atomic mass is 35.5. The fraction of sp³-hybridized carbons (Fsp3) is 0.0769. The lowest BCUT2D eigenvalue weighted by atomic mass is 10.2. The van der Waals surface area contributed by atoms with Crippen molar-refractivity contribution >= 4 is 29.0 Å². The van der Waals surface area contributed by atoms with Gasteiger partial charge in [-0.2, -0.15) is 4.98 Å². The number of nitrogens with one attached hydrogen (secondary N) is 2. The van der Waals surface area contributed by atoms with Crippen LogP contribution in [0.3, 0.4) is 0 Å². The Bertz CT molecular complexity index is 1580. The Hall–Kier alpha value is -4.83. The Morgan fingerprint density at radius 1 is 0.973 bits per heavy atom. The largest absolute Gasteiger partial charge is 0.454 e. The summed E-state index contributed by atoms with van der Waals surface area (Å²) in [5.41, 5.74) is 3.62. The summed E-state index contributed by atoms with van der Waals surface area (Å²) in [5.74, 6) is 2.09. The molecule has 5 aromatic rings. The lowest BCUT2D eigenvalue weighted by Crippen LogP contribution is -2.19. The van der Waals surface area contributed by atoms with Crippen LogP contribution in [0, 0.1) is 0 Å². The number of anilines is 2. The zero-order valence-corrected chi connectivity index (χ0v) is 20.0. The van der Waals surface area contributed by atoms with Crippen LogP contribution in [0.4, 0.5) is 16.2 Å². The number of benzene rings is 3. The lowest BCUT2D eigenvalue weighted by molar-refractivity contribution is 0.174. The van der Waals surface area contributed by atoms with E-state index in [0.29, 0.717) is 51.9 Å². The monoisotopic (exact) mass is 514 g/mol. The highest BCUT2D eigenvalue weighted by Crippen LogP contribution is 2.35. The molecule has 0 radical (unpaired) electrons. The minimum absolute atomic E-state index is 0.201. The van der Waals surface area contributed by atoms with Crippen molar-refractivity contribution in [1.29, 1.82) is 0 Å². The van der Waals surface area contributed by atoms with Gasteiger partial charge in [-0.1, -0.05) is 35.0 Å². The highest BCUT2D eigenvalue weighted by Gasteiger charge is 2.18. The van der Waals surface area contributed by atoms with Gasteiger partial charge in [-0.25, -0.2) is 9.78 Å². The number of imidazole rings is 1. The average molecular weight is 515 g/mol. The smallest absolute Gasteiger partial charge is 0.323 e. The number of amides is 2. The van der Waals surface area contributed by atoms with Gasteiger partial charge in [-0.05, 0) is 54.1 Å². The number of urea groups is 1. The summed E-state index contributed by atoms with van der Waals surface area (Å²) in [5, 5.41) is 10.2. The number of aromatic nitrogens is 4. The molecule has 6 rings (SSSR count). The maximum Gasteiger partial charge on any atom is 0.323 e. The zero-order valence-electron chi connectivity index (χ0n) is 19.2. The van der Waals surface area contributed by atoms with Gasteiger partial charge in [-0.3, -0.25) is 0 Å². The number of carbonyl (C=O) groups is 1. The summed E-state index contributed by atoms with van der Waals surface area (Å²) >= 11 is 5.95. The lowest BCUT2D eigenvalue weighted by Gasteiger charge is -2.09. The zero-order chi connectivity index (χ0) is 25.2. The van der Waals surface area contributed by atoms with Crippen LogP contribution >= 0.6 is 11.6 Å². The van der Waals surface area contributed by atoms with Gasteiger partial charge in [0, 0.05) is 34.7 Å². The molecule has 11 heteroatoms. The van der Waals surface area contributed by atoms with Crippen molar-refractivity contribution in [2.24, 2.45) is 0 Å². The summed E-state index contributed by atoms with van der Waals surface area (Å²) in [6, 6.07) is 19.6. The van der Waals surface area contributed by atoms with Crippen molar-refractivity contribution < 1.29 is 18.8 Å². The van der Waals surface area contributed by atoms with Gasteiger partial charge in [0.05, 0.1) is 6.33 Å². The highest BCUT2D eigenvalue weighted by molar-refractivity contribution is 6.30. The van der Waals surface area contributed by atoms with Gasteiger partial charge in [0.15, 0.2) is 11.5 Å². The summed E-state index contributed by atoms with van der Waals surface area (Å²) in [4.78, 5) is 21.1. The van der Waals surface area contributed by atoms with Crippen LogP contribution in [0.2, 0.25) is 5.02 Å². The third kappa shape index (κ3) is 5.09. The minimum atomic E-state index is -0.353. The van der Waals surface area contributed by atoms with E-state index in [4.69, 9.17) is 25.6 Å². The summed E-state index contributed by atoms with van der Waals surface area (Å²) in [7, 11) is 0. The fourth-order valence-corrected chi connectivity index (χ4v) is 3.99. The molecule has 0 saturated heterocycles. The predicted molar refractivity (Wildman–Crippen MR) is 137 cm³/mol. The molecular weight excluding hydrogens is 496 g/mol. The number of carbonyl (C=O) groups excluding carboxylic acids is 1. The Labute approximate surface area is 215 Å². The molecule has 3 aromatic carbocycles. The molecule has 0 atom stereocenters. The number of hydrogen-bond acceptors (Lipinski definition) is 7. The first-order chi connectivity index (χ1) is 18.1. The summed E-state index contributed by atoms with van der Waals surface area (Å²) < 4.78 is 18.1. The van der Waals surface area contributed by atoms with Gasteiger partial charge < -0.3 is 29.2 Å². The number of hydrogen-bond donors (Lipinski definition) is 2. The Morgan fingerprint density at radius 2 is 1.81 bits per heavy atom. The summed E-state index contributed by atoms with van der Waals surface area (Å²) in [6.07, 6.45) is 3.53. The Balaban J connectivity index is 1.08. The van der Waals surface area contributed by atoms with E-state index in [2.05, 4.69) is 25.8 Å². The molecule has 0 unspecified atom stereocenters. The maximum absolute atomic E-state index is 12.2. The quantitative estimate of drug-likeness (QED) is 0.299. The van der Waals surface area contributed by atoms with Gasteiger partial charge in [0.25, 0.3) is 5.89 Å². The van der Waals surface area contributed by atoms with E-state index in [9.17, 15) is 4.79 Å². The van der Waals surface area contributed by atoms with Crippen LogP contribution in [0.1, 0.15) is 5.56 Å². The average Bonchev–Trinajstić information content (AvgIpc) is 3.65. The minimum Gasteiger partial charge on any atom is -0.454 e. The molecule has 0 aliphatic carbocycles. The third-order valence-electron chi connectivity index (χ3n) is 5.57. The summed E-state index contributed by atoms with van der Waals surface area (Å²) in [6.45, 7) is 0.775. The van der Waals surface area contributed by atoms with Gasteiger partial charge in [0.2, 0.25) is 12.6 Å². The van der Waals surface area contributed by atoms with Crippen LogP contribution < -0.4 is 20.1 Å². The van der Waals surface area contributed by atoms with E-state index in [-0.39, 0.29) is 12.8 Å². The Kier molecular flexibility index (Phi) is 5.91. The first-order valence-corrected chi connectivity index (χ1v) is 11.7. The first-order valence-electron chi connectivity index (χ1n) is 11.3. The van der Waals surface area contributed by atoms with E-state index in [1.165, 1.54) is 0 Å². The SMILES string of the molecule is O=C(Nc1ccc(Cn2cnc(-c3nc(-c4ccc5c(c4)OCO5)no3)c2)cc1)Nc1cccc(Cl)c1. The molecule has 1 aliphatic rings. The number of ether oxygens (including phenoxy) is 2. The van der Waals surface area contributed by atoms with Crippen molar-refractivity contribution in [3.63, 3.8) is 0 Å². The van der Waals surface area contributed by atoms with E-state index < -0.39 is 0 Å². The van der Waals surface area contributed by atoms with Crippen molar-refractivity contribution in [1.82, 2.24) is 19.7 Å². The molecule has 10 nitrogen and oxygen atoms in total. The molecule has 0 fully saturated rings. The fourth-order valence-electron chi connectivity index (χ4n) is 3.80. The predicted octanol–water partition coefficient (Wildman–Crippen LogP) is 5.67. The molecule has 2 N–H and O–H groups in total. The Morgan fingerprint density at radius 3 is 2.68 bits per heavy atom. The van der Waals surface area contributed by atoms with Crippen LogP contribution in [0.15, 0.2) is 83.8 Å². The van der Waals surface area contributed by atoms with Gasteiger partial charge in [-0.15, -0.1) is 0 Å². The van der Waals surface area contributed by atoms with Crippen LogP contribution in [-0.2, 0) is 6.54 Å². The van der Waals surface area contributed by atoms with E-state index in [0.717, 1.165) is 11.1 Å². The molecule has 2 amide bonds. The second-order valence-corrected chi connectivity index (χ2v) is 8.65. The van der Waals surface area contributed by atoms with Gasteiger partial charge in [0.1, 0.15) is 5.69 Å². The van der Waals surface area contributed by atoms with Crippen molar-refractivity contribution in [3.8, 4) is 34.5 Å². The normalized spacial score (nSPS) is 11.9. The second kappa shape index (κ2) is 9.67. The first kappa shape index (κ1) is 22.6. The molecule has 184 valence electrons. The molecule has 2 aromatic heterocycles. The molecule has 1 aliphatic heterocycles. The molecule has 0 saturated carbocycles. The van der Waals surface area contributed by atoms with Crippen molar-refractivity contribution in [2.45, 2.75) is 6.54 Å². The van der Waals surface area contributed by atoms with Crippen molar-refractivity contribution in [3.05, 3.63) is 89.8 Å². The molecule has 0 spiro atoms. The number of rotatable bonds is 6. The second-order valence-electron chi connectivity index (χ2n) is 8.21. The maximum atomic E-state index is 12.2. The van der Waals surface area contributed by atoms with Crippen molar-refractivity contribution in [2.75, 3.05) is 17.4 Å². The molecular formula is C26H19ClN6O4. The van der Waals surface area contributed by atoms with Crippen LogP contribution in [0.25, 0.3) is 23.0 Å². The van der Waals surface area contributed by atoms with E-state index in [1.807, 2.05) is 53.2 Å². The molecule has 37 heavy (non-hydrogen) atoms. The van der Waals surface area contributed by atoms with Crippen LogP contribution in [0.5, 0.6) is 11.5 Å². The van der Waals surface area contributed by atoms with E-state index in [1.54, 1.807) is 30.6 Å². The third-order valence-corrected chi connectivity index (χ3v) is 5.80. The number of halogens is 1.